The SMILES string of the molecule is Cc1ccc(N2N=C(C(=O)OCc3ccccc3)[C@H]3[C@@H]2S[C@]24COC(=O)C2=NN(c2ccc([N+](=O)[O-])cc2)[C@H]34)cc1. The van der Waals surface area contributed by atoms with Crippen LogP contribution >= 0.6 is 11.8 Å². The molecule has 4 atom stereocenters. The summed E-state index contributed by atoms with van der Waals surface area (Å²) >= 11 is 1.50. The number of hydrogen-bond acceptors (Lipinski definition) is 11. The van der Waals surface area contributed by atoms with E-state index < -0.39 is 33.6 Å². The molecule has 3 aromatic carbocycles. The molecule has 0 unspecified atom stereocenters. The van der Waals surface area contributed by atoms with Gasteiger partial charge in [-0.3, -0.25) is 20.1 Å². The zero-order valence-electron chi connectivity index (χ0n) is 21.7. The smallest absolute Gasteiger partial charge is 0.356 e. The number of nitro groups is 1. The molecule has 1 spiro atoms. The van der Waals surface area contributed by atoms with Gasteiger partial charge in [0.25, 0.3) is 5.69 Å². The number of nitro benzene ring substituents is 1. The molecule has 7 rings (SSSR count). The lowest BCUT2D eigenvalue weighted by molar-refractivity contribution is -0.384. The van der Waals surface area contributed by atoms with E-state index in [0.717, 1.165) is 16.8 Å². The first-order valence-corrected chi connectivity index (χ1v) is 13.9. The first-order chi connectivity index (χ1) is 19.9. The van der Waals surface area contributed by atoms with E-state index in [1.165, 1.54) is 23.9 Å². The topological polar surface area (TPSA) is 127 Å². The number of thioether (sulfide) groups is 1. The number of aryl methyl sites for hydroxylation is 1. The van der Waals surface area contributed by atoms with Crippen LogP contribution in [0.1, 0.15) is 11.1 Å². The molecule has 4 aliphatic rings. The van der Waals surface area contributed by atoms with Crippen molar-refractivity contribution in [1.82, 2.24) is 0 Å². The molecule has 4 aliphatic heterocycles. The van der Waals surface area contributed by atoms with Crippen LogP contribution in [0.3, 0.4) is 0 Å². The average Bonchev–Trinajstić information content (AvgIpc) is 3.69. The lowest BCUT2D eigenvalue weighted by atomic mass is 9.84. The molecule has 206 valence electrons. The van der Waals surface area contributed by atoms with Crippen LogP contribution in [-0.2, 0) is 25.7 Å². The highest BCUT2D eigenvalue weighted by atomic mass is 32.2. The van der Waals surface area contributed by atoms with Crippen molar-refractivity contribution in [2.45, 2.75) is 29.7 Å². The Kier molecular flexibility index (Phi) is 5.82. The molecule has 0 saturated carbocycles. The fourth-order valence-corrected chi connectivity index (χ4v) is 7.67. The van der Waals surface area contributed by atoms with Crippen LogP contribution in [0.15, 0.2) is 89.1 Å². The van der Waals surface area contributed by atoms with Crippen LogP contribution in [0, 0.1) is 23.0 Å². The fourth-order valence-electron chi connectivity index (χ4n) is 5.79. The highest BCUT2D eigenvalue weighted by molar-refractivity contribution is 8.02. The minimum Gasteiger partial charge on any atom is -0.459 e. The Balaban J connectivity index is 1.30. The van der Waals surface area contributed by atoms with Gasteiger partial charge in [-0.1, -0.05) is 48.0 Å². The molecule has 41 heavy (non-hydrogen) atoms. The number of rotatable bonds is 6. The van der Waals surface area contributed by atoms with E-state index in [1.807, 2.05) is 66.5 Å². The third-order valence-corrected chi connectivity index (χ3v) is 9.46. The van der Waals surface area contributed by atoms with Crippen molar-refractivity contribution in [3.05, 3.63) is 100 Å². The number of ether oxygens (including phenoxy) is 2. The highest BCUT2D eigenvalue weighted by Gasteiger charge is 2.72. The standard InChI is InChI=1S/C29H23N5O6S/c1-17-7-9-20(10-8-17)33-26-22(23(30-33)27(35)39-15-18-5-3-2-4-6-18)25-29(41-26)16-40-28(36)24(29)31-32(25)19-11-13-21(14-12-19)34(37)38/h2-14,22,25-26H,15-16H2,1H3/t22-,25-,26+,29-/m1/s1. The maximum Gasteiger partial charge on any atom is 0.356 e. The Morgan fingerprint density at radius 2 is 1.73 bits per heavy atom. The monoisotopic (exact) mass is 569 g/mol. The lowest BCUT2D eigenvalue weighted by Gasteiger charge is -2.31. The van der Waals surface area contributed by atoms with Crippen LogP contribution in [0.5, 0.6) is 0 Å². The van der Waals surface area contributed by atoms with Gasteiger partial charge in [-0.2, -0.15) is 10.2 Å². The molecule has 0 bridgehead atoms. The number of anilines is 2. The maximum absolute atomic E-state index is 13.7. The van der Waals surface area contributed by atoms with Crippen LogP contribution in [0.25, 0.3) is 0 Å². The van der Waals surface area contributed by atoms with Gasteiger partial charge in [0.15, 0.2) is 11.4 Å². The number of non-ortho nitro benzene ring substituents is 1. The third kappa shape index (κ3) is 3.97. The van der Waals surface area contributed by atoms with E-state index >= 15 is 0 Å². The number of carbonyl (C=O) groups is 2. The van der Waals surface area contributed by atoms with Gasteiger partial charge in [0, 0.05) is 12.1 Å². The molecular weight excluding hydrogens is 546 g/mol. The Bertz CT molecular complexity index is 1630. The summed E-state index contributed by atoms with van der Waals surface area (Å²) in [5, 5.41) is 23.9. The zero-order valence-corrected chi connectivity index (χ0v) is 22.6. The van der Waals surface area contributed by atoms with Crippen molar-refractivity contribution < 1.29 is 24.0 Å². The van der Waals surface area contributed by atoms with Crippen LogP contribution < -0.4 is 10.0 Å². The molecular formula is C29H23N5O6S. The molecule has 0 aliphatic carbocycles. The third-order valence-electron chi connectivity index (χ3n) is 7.76. The summed E-state index contributed by atoms with van der Waals surface area (Å²) in [7, 11) is 0. The molecule has 3 aromatic rings. The maximum atomic E-state index is 13.7. The second kappa shape index (κ2) is 9.44. The van der Waals surface area contributed by atoms with Gasteiger partial charge in [-0.25, -0.2) is 9.59 Å². The van der Waals surface area contributed by atoms with E-state index in [1.54, 1.807) is 17.1 Å². The number of hydrazone groups is 2. The normalized spacial score (nSPS) is 25.7. The first kappa shape index (κ1) is 25.3. The van der Waals surface area contributed by atoms with Crippen molar-refractivity contribution in [2.24, 2.45) is 16.1 Å². The van der Waals surface area contributed by atoms with Crippen LogP contribution in [0.2, 0.25) is 0 Å². The highest BCUT2D eigenvalue weighted by Crippen LogP contribution is 2.59. The van der Waals surface area contributed by atoms with E-state index in [0.29, 0.717) is 5.69 Å². The quantitative estimate of drug-likeness (QED) is 0.245. The van der Waals surface area contributed by atoms with E-state index in [-0.39, 0.29) is 35.7 Å². The van der Waals surface area contributed by atoms with Crippen molar-refractivity contribution in [3.63, 3.8) is 0 Å². The summed E-state index contributed by atoms with van der Waals surface area (Å²) in [6.45, 7) is 2.16. The summed E-state index contributed by atoms with van der Waals surface area (Å²) < 4.78 is 10.4. The predicted octanol–water partition coefficient (Wildman–Crippen LogP) is 4.05. The molecule has 0 aromatic heterocycles. The van der Waals surface area contributed by atoms with Gasteiger partial charge < -0.3 is 9.47 Å². The molecule has 11 nitrogen and oxygen atoms in total. The van der Waals surface area contributed by atoms with Crippen LogP contribution in [0.4, 0.5) is 17.1 Å². The van der Waals surface area contributed by atoms with E-state index in [4.69, 9.17) is 14.6 Å². The average molecular weight is 570 g/mol. The number of hydrogen-bond donors (Lipinski definition) is 0. The van der Waals surface area contributed by atoms with Crippen LogP contribution in [-0.4, -0.2) is 51.1 Å². The molecule has 4 heterocycles. The molecule has 0 amide bonds. The zero-order chi connectivity index (χ0) is 28.3. The van der Waals surface area contributed by atoms with E-state index in [2.05, 4.69) is 5.10 Å². The van der Waals surface area contributed by atoms with Gasteiger partial charge in [-0.05, 0) is 36.8 Å². The largest absolute Gasteiger partial charge is 0.459 e. The van der Waals surface area contributed by atoms with Gasteiger partial charge in [-0.15, -0.1) is 11.8 Å². The Hall–Kier alpha value is -4.71. The fraction of sp³-hybridized carbons (Fsp3) is 0.241. The second-order valence-electron chi connectivity index (χ2n) is 10.2. The second-order valence-corrected chi connectivity index (χ2v) is 11.7. The lowest BCUT2D eigenvalue weighted by Crippen LogP contribution is -2.50. The number of nitrogens with zero attached hydrogens (tertiary/aromatic N) is 5. The summed E-state index contributed by atoms with van der Waals surface area (Å²) in [5.74, 6) is -1.59. The molecule has 12 heteroatoms. The molecule has 0 N–H and O–H groups in total. The van der Waals surface area contributed by atoms with Gasteiger partial charge in [0.05, 0.1) is 28.3 Å². The Morgan fingerprint density at radius 3 is 2.44 bits per heavy atom. The van der Waals surface area contributed by atoms with E-state index in [9.17, 15) is 19.7 Å². The summed E-state index contributed by atoms with van der Waals surface area (Å²) in [6.07, 6.45) is 0. The number of fused-ring (bicyclic) bond motifs is 2. The minimum absolute atomic E-state index is 0.0632. The molecule has 2 fully saturated rings. The molecule has 0 radical (unpaired) electrons. The Labute approximate surface area is 238 Å². The number of esters is 2. The van der Waals surface area contributed by atoms with Crippen molar-refractivity contribution in [1.29, 1.82) is 0 Å². The van der Waals surface area contributed by atoms with Crippen molar-refractivity contribution in [2.75, 3.05) is 16.6 Å². The molecule has 2 saturated heterocycles. The summed E-state index contributed by atoms with van der Waals surface area (Å²) in [4.78, 5) is 37.4. The van der Waals surface area contributed by atoms with Crippen molar-refractivity contribution >= 4 is 52.2 Å². The first-order valence-electron chi connectivity index (χ1n) is 13.0. The number of cyclic esters (lactones) is 1. The predicted molar refractivity (Wildman–Crippen MR) is 153 cm³/mol. The van der Waals surface area contributed by atoms with Gasteiger partial charge >= 0.3 is 11.9 Å². The minimum atomic E-state index is -0.863. The Morgan fingerprint density at radius 1 is 1.05 bits per heavy atom. The number of benzene rings is 3. The van der Waals surface area contributed by atoms with Crippen molar-refractivity contribution in [3.8, 4) is 0 Å². The summed E-state index contributed by atoms with van der Waals surface area (Å²) in [5.41, 5.74) is 3.71. The van der Waals surface area contributed by atoms with Gasteiger partial charge in [0.1, 0.15) is 23.3 Å². The van der Waals surface area contributed by atoms with Gasteiger partial charge in [0.2, 0.25) is 0 Å². The summed E-state index contributed by atoms with van der Waals surface area (Å²) in [6, 6.07) is 22.7. The number of carbonyl (C=O) groups excluding carboxylic acids is 2.